The first-order chi connectivity index (χ1) is 13.5. The van der Waals surface area contributed by atoms with Gasteiger partial charge >= 0.3 is 5.97 Å². The van der Waals surface area contributed by atoms with E-state index in [1.807, 2.05) is 0 Å². The van der Waals surface area contributed by atoms with Crippen molar-refractivity contribution >= 4 is 34.9 Å². The molecule has 3 rings (SSSR count). The number of nitro benzene ring substituents is 1. The van der Waals surface area contributed by atoms with Crippen molar-refractivity contribution in [3.63, 3.8) is 0 Å². The molecule has 0 heterocycles. The standard InChI is InChI=1S/C20H19ClN2O5/c21-16-11-10-15(12-17(16)23(26)27)22-19(24)18(13-6-2-1-3-7-13)28-20(25)14-8-4-5-9-14/h1-3,6-7,10-12,14,18H,4-5,8-9H2,(H,22,24)/t18-/m1/s1. The molecule has 28 heavy (non-hydrogen) atoms. The molecule has 0 aliphatic heterocycles. The fourth-order valence-electron chi connectivity index (χ4n) is 3.21. The summed E-state index contributed by atoms with van der Waals surface area (Å²) in [6.45, 7) is 0. The molecule has 1 atom stereocenters. The Balaban J connectivity index is 1.81. The molecule has 0 bridgehead atoms. The van der Waals surface area contributed by atoms with Crippen molar-refractivity contribution in [3.05, 3.63) is 69.2 Å². The van der Waals surface area contributed by atoms with E-state index in [1.165, 1.54) is 18.2 Å². The summed E-state index contributed by atoms with van der Waals surface area (Å²) in [5.41, 5.74) is 0.396. The predicted octanol–water partition coefficient (Wildman–Crippen LogP) is 4.66. The minimum Gasteiger partial charge on any atom is -0.447 e. The highest BCUT2D eigenvalue weighted by atomic mass is 35.5. The summed E-state index contributed by atoms with van der Waals surface area (Å²) in [6, 6.07) is 12.6. The van der Waals surface area contributed by atoms with E-state index in [0.717, 1.165) is 25.7 Å². The molecule has 0 radical (unpaired) electrons. The van der Waals surface area contributed by atoms with Crippen LogP contribution in [0.3, 0.4) is 0 Å². The summed E-state index contributed by atoms with van der Waals surface area (Å²) in [7, 11) is 0. The lowest BCUT2D eigenvalue weighted by atomic mass is 10.1. The van der Waals surface area contributed by atoms with Crippen LogP contribution in [0.1, 0.15) is 37.4 Å². The Kier molecular flexibility index (Phi) is 6.26. The van der Waals surface area contributed by atoms with Gasteiger partial charge in [0.15, 0.2) is 0 Å². The van der Waals surface area contributed by atoms with Crippen LogP contribution in [0.25, 0.3) is 0 Å². The van der Waals surface area contributed by atoms with Crippen LogP contribution in [0, 0.1) is 16.0 Å². The molecule has 1 fully saturated rings. The summed E-state index contributed by atoms with van der Waals surface area (Å²) in [6.07, 6.45) is 2.30. The van der Waals surface area contributed by atoms with Crippen molar-refractivity contribution in [2.75, 3.05) is 5.32 Å². The minimum absolute atomic E-state index is 0.0322. The maximum Gasteiger partial charge on any atom is 0.310 e. The largest absolute Gasteiger partial charge is 0.447 e. The number of anilines is 1. The van der Waals surface area contributed by atoms with Crippen LogP contribution in [-0.2, 0) is 14.3 Å². The molecular weight excluding hydrogens is 384 g/mol. The van der Waals surface area contributed by atoms with Crippen LogP contribution >= 0.6 is 11.6 Å². The third-order valence-corrected chi connectivity index (χ3v) is 4.99. The molecule has 0 spiro atoms. The third kappa shape index (κ3) is 4.67. The second-order valence-corrected chi connectivity index (χ2v) is 7.03. The van der Waals surface area contributed by atoms with Crippen molar-refractivity contribution in [1.29, 1.82) is 0 Å². The first kappa shape index (κ1) is 19.8. The van der Waals surface area contributed by atoms with E-state index in [0.29, 0.717) is 5.56 Å². The molecule has 1 N–H and O–H groups in total. The van der Waals surface area contributed by atoms with Gasteiger partial charge in [0.25, 0.3) is 11.6 Å². The van der Waals surface area contributed by atoms with Gasteiger partial charge in [-0.05, 0) is 25.0 Å². The van der Waals surface area contributed by atoms with Gasteiger partial charge in [-0.2, -0.15) is 0 Å². The Morgan fingerprint density at radius 2 is 1.82 bits per heavy atom. The van der Waals surface area contributed by atoms with Gasteiger partial charge in [0.05, 0.1) is 10.8 Å². The molecule has 1 amide bonds. The number of benzene rings is 2. The molecule has 1 aliphatic rings. The molecule has 0 aromatic heterocycles. The second-order valence-electron chi connectivity index (χ2n) is 6.62. The molecule has 2 aromatic rings. The zero-order valence-corrected chi connectivity index (χ0v) is 15.7. The summed E-state index contributed by atoms with van der Waals surface area (Å²) < 4.78 is 5.54. The van der Waals surface area contributed by atoms with Gasteiger partial charge in [-0.15, -0.1) is 0 Å². The summed E-state index contributed by atoms with van der Waals surface area (Å²) >= 11 is 5.80. The van der Waals surface area contributed by atoms with E-state index in [9.17, 15) is 19.7 Å². The molecule has 7 nitrogen and oxygen atoms in total. The highest BCUT2D eigenvalue weighted by Crippen LogP contribution is 2.30. The number of nitrogens with zero attached hydrogens (tertiary/aromatic N) is 1. The molecule has 1 aliphatic carbocycles. The van der Waals surface area contributed by atoms with Crippen molar-refractivity contribution < 1.29 is 19.2 Å². The van der Waals surface area contributed by atoms with Gasteiger partial charge < -0.3 is 10.1 Å². The molecule has 146 valence electrons. The Labute approximate surface area is 166 Å². The van der Waals surface area contributed by atoms with E-state index in [1.54, 1.807) is 30.3 Å². The number of hydrogen-bond acceptors (Lipinski definition) is 5. The number of amides is 1. The maximum absolute atomic E-state index is 12.8. The van der Waals surface area contributed by atoms with E-state index >= 15 is 0 Å². The van der Waals surface area contributed by atoms with Crippen LogP contribution in [0.5, 0.6) is 0 Å². The van der Waals surface area contributed by atoms with Crippen LogP contribution in [0.15, 0.2) is 48.5 Å². The molecule has 2 aromatic carbocycles. The lowest BCUT2D eigenvalue weighted by Crippen LogP contribution is -2.28. The Bertz CT molecular complexity index is 881. The van der Waals surface area contributed by atoms with Gasteiger partial charge in [0.1, 0.15) is 5.02 Å². The summed E-state index contributed by atoms with van der Waals surface area (Å²) in [4.78, 5) is 35.7. The predicted molar refractivity (Wildman–Crippen MR) is 104 cm³/mol. The first-order valence-corrected chi connectivity index (χ1v) is 9.34. The van der Waals surface area contributed by atoms with Gasteiger partial charge in [0, 0.05) is 17.3 Å². The number of esters is 1. The van der Waals surface area contributed by atoms with E-state index < -0.39 is 22.9 Å². The SMILES string of the molecule is O=C(O[C@@H](C(=O)Nc1ccc(Cl)c([N+](=O)[O-])c1)c1ccccc1)C1CCCC1. The number of nitro groups is 1. The molecule has 0 saturated heterocycles. The summed E-state index contributed by atoms with van der Waals surface area (Å²) in [5.74, 6) is -1.19. The van der Waals surface area contributed by atoms with Crippen molar-refractivity contribution in [2.24, 2.45) is 5.92 Å². The highest BCUT2D eigenvalue weighted by Gasteiger charge is 2.31. The molecule has 1 saturated carbocycles. The quantitative estimate of drug-likeness (QED) is 0.430. The highest BCUT2D eigenvalue weighted by molar-refractivity contribution is 6.32. The number of ether oxygens (including phenoxy) is 1. The smallest absolute Gasteiger partial charge is 0.310 e. The fourth-order valence-corrected chi connectivity index (χ4v) is 3.40. The fraction of sp³-hybridized carbons (Fsp3) is 0.300. The number of carbonyl (C=O) groups excluding carboxylic acids is 2. The van der Waals surface area contributed by atoms with Crippen LogP contribution in [-0.4, -0.2) is 16.8 Å². The maximum atomic E-state index is 12.8. The second kappa shape index (κ2) is 8.84. The van der Waals surface area contributed by atoms with Crippen molar-refractivity contribution in [3.8, 4) is 0 Å². The van der Waals surface area contributed by atoms with E-state index in [2.05, 4.69) is 5.32 Å². The van der Waals surface area contributed by atoms with Gasteiger partial charge in [-0.1, -0.05) is 54.8 Å². The first-order valence-electron chi connectivity index (χ1n) is 8.96. The average Bonchev–Trinajstić information content (AvgIpc) is 3.22. The Morgan fingerprint density at radius 1 is 1.14 bits per heavy atom. The molecule has 0 unspecified atom stereocenters. The Morgan fingerprint density at radius 3 is 2.46 bits per heavy atom. The number of hydrogen-bond donors (Lipinski definition) is 1. The number of carbonyl (C=O) groups is 2. The zero-order chi connectivity index (χ0) is 20.1. The van der Waals surface area contributed by atoms with E-state index in [-0.39, 0.29) is 22.3 Å². The number of halogens is 1. The van der Waals surface area contributed by atoms with Gasteiger partial charge in [-0.3, -0.25) is 19.7 Å². The number of nitrogens with one attached hydrogen (secondary N) is 1. The normalized spacial score (nSPS) is 15.0. The van der Waals surface area contributed by atoms with Crippen LogP contribution in [0.2, 0.25) is 5.02 Å². The monoisotopic (exact) mass is 402 g/mol. The van der Waals surface area contributed by atoms with Crippen molar-refractivity contribution in [1.82, 2.24) is 0 Å². The average molecular weight is 403 g/mol. The van der Waals surface area contributed by atoms with Crippen LogP contribution < -0.4 is 5.32 Å². The van der Waals surface area contributed by atoms with E-state index in [4.69, 9.17) is 16.3 Å². The zero-order valence-electron chi connectivity index (χ0n) is 15.0. The van der Waals surface area contributed by atoms with Gasteiger partial charge in [-0.25, -0.2) is 0 Å². The lowest BCUT2D eigenvalue weighted by Gasteiger charge is -2.20. The molecule has 8 heteroatoms. The third-order valence-electron chi connectivity index (χ3n) is 4.67. The van der Waals surface area contributed by atoms with Crippen LogP contribution in [0.4, 0.5) is 11.4 Å². The Hall–Kier alpha value is -2.93. The topological polar surface area (TPSA) is 98.5 Å². The van der Waals surface area contributed by atoms with Gasteiger partial charge in [0.2, 0.25) is 6.10 Å². The lowest BCUT2D eigenvalue weighted by molar-refractivity contribution is -0.384. The van der Waals surface area contributed by atoms with Crippen molar-refractivity contribution in [2.45, 2.75) is 31.8 Å². The minimum atomic E-state index is -1.15. The number of rotatable bonds is 6. The molecular formula is C20H19ClN2O5. The summed E-state index contributed by atoms with van der Waals surface area (Å²) in [5, 5.41) is 13.6.